The molecule has 0 aromatic carbocycles. The van der Waals surface area contributed by atoms with Crippen LogP contribution in [0, 0.1) is 5.92 Å². The Bertz CT molecular complexity index is 381. The Kier molecular flexibility index (Phi) is 5.72. The van der Waals surface area contributed by atoms with E-state index in [9.17, 15) is 4.79 Å². The topological polar surface area (TPSA) is 50.8 Å². The fourth-order valence-electron chi connectivity index (χ4n) is 3.67. The summed E-state index contributed by atoms with van der Waals surface area (Å²) in [4.78, 5) is 14.0. The Morgan fingerprint density at radius 3 is 2.55 bits per heavy atom. The van der Waals surface area contributed by atoms with E-state index in [1.54, 1.807) is 12.0 Å². The summed E-state index contributed by atoms with van der Waals surface area (Å²) < 4.78 is 11.1. The summed E-state index contributed by atoms with van der Waals surface area (Å²) in [6, 6.07) is 0.765. The summed E-state index contributed by atoms with van der Waals surface area (Å²) >= 11 is 0. The van der Waals surface area contributed by atoms with Crippen molar-refractivity contribution in [3.05, 3.63) is 0 Å². The molecule has 22 heavy (non-hydrogen) atoms. The second-order valence-electron chi connectivity index (χ2n) is 7.64. The van der Waals surface area contributed by atoms with Crippen LogP contribution in [0.3, 0.4) is 0 Å². The van der Waals surface area contributed by atoms with Crippen molar-refractivity contribution in [3.63, 3.8) is 0 Å². The Labute approximate surface area is 134 Å². The van der Waals surface area contributed by atoms with E-state index in [2.05, 4.69) is 12.2 Å². The van der Waals surface area contributed by atoms with Gasteiger partial charge < -0.3 is 19.7 Å². The Balaban J connectivity index is 1.93. The van der Waals surface area contributed by atoms with Gasteiger partial charge in [-0.3, -0.25) is 0 Å². The number of nitrogens with zero attached hydrogens (tertiary/aromatic N) is 1. The molecular formula is C17H32N2O3. The molecule has 0 bridgehead atoms. The first-order valence-electron chi connectivity index (χ1n) is 8.60. The van der Waals surface area contributed by atoms with Gasteiger partial charge in [-0.05, 0) is 39.5 Å². The third-order valence-electron chi connectivity index (χ3n) is 4.83. The van der Waals surface area contributed by atoms with Gasteiger partial charge in [-0.15, -0.1) is 0 Å². The molecule has 1 heterocycles. The molecule has 1 aliphatic carbocycles. The summed E-state index contributed by atoms with van der Waals surface area (Å²) in [6.07, 6.45) is 4.88. The molecule has 0 aromatic heterocycles. The first-order valence-corrected chi connectivity index (χ1v) is 8.60. The maximum atomic E-state index is 12.2. The highest BCUT2D eigenvalue weighted by atomic mass is 16.6. The van der Waals surface area contributed by atoms with Crippen LogP contribution in [0.1, 0.15) is 53.4 Å². The zero-order chi connectivity index (χ0) is 16.3. The maximum absolute atomic E-state index is 12.2. The van der Waals surface area contributed by atoms with Gasteiger partial charge in [-0.25, -0.2) is 4.79 Å². The van der Waals surface area contributed by atoms with Gasteiger partial charge in [0.2, 0.25) is 0 Å². The molecule has 1 saturated carbocycles. The lowest BCUT2D eigenvalue weighted by atomic mass is 9.99. The highest BCUT2D eigenvalue weighted by Crippen LogP contribution is 2.29. The van der Waals surface area contributed by atoms with E-state index in [0.29, 0.717) is 19.1 Å². The molecule has 0 aromatic rings. The molecule has 2 aliphatic rings. The second-order valence-corrected chi connectivity index (χ2v) is 7.64. The number of nitrogens with one attached hydrogen (secondary N) is 1. The fourth-order valence-corrected chi connectivity index (χ4v) is 3.67. The number of ether oxygens (including phenoxy) is 2. The molecule has 128 valence electrons. The van der Waals surface area contributed by atoms with E-state index in [1.165, 1.54) is 25.7 Å². The molecule has 0 radical (unpaired) electrons. The van der Waals surface area contributed by atoms with Crippen LogP contribution >= 0.6 is 0 Å². The van der Waals surface area contributed by atoms with E-state index >= 15 is 0 Å². The van der Waals surface area contributed by atoms with Crippen molar-refractivity contribution >= 4 is 6.09 Å². The second kappa shape index (κ2) is 7.18. The summed E-state index contributed by atoms with van der Waals surface area (Å²) in [5.41, 5.74) is -0.454. The lowest BCUT2D eigenvalue weighted by Gasteiger charge is -2.27. The minimum absolute atomic E-state index is 0.0469. The van der Waals surface area contributed by atoms with Crippen molar-refractivity contribution in [3.8, 4) is 0 Å². The Morgan fingerprint density at radius 1 is 1.23 bits per heavy atom. The van der Waals surface area contributed by atoms with Gasteiger partial charge in [0, 0.05) is 19.7 Å². The van der Waals surface area contributed by atoms with Gasteiger partial charge in [0.1, 0.15) is 5.60 Å². The van der Waals surface area contributed by atoms with Gasteiger partial charge in [-0.1, -0.05) is 19.8 Å². The van der Waals surface area contributed by atoms with Crippen molar-refractivity contribution in [2.75, 3.05) is 20.2 Å². The average molecular weight is 312 g/mol. The van der Waals surface area contributed by atoms with Crippen molar-refractivity contribution in [1.29, 1.82) is 0 Å². The van der Waals surface area contributed by atoms with Crippen molar-refractivity contribution in [2.24, 2.45) is 5.92 Å². The average Bonchev–Trinajstić information content (AvgIpc) is 3.03. The summed E-state index contributed by atoms with van der Waals surface area (Å²) in [5, 5.41) is 3.75. The van der Waals surface area contributed by atoms with Crippen LogP contribution in [-0.4, -0.2) is 55.0 Å². The minimum Gasteiger partial charge on any atom is -0.444 e. The summed E-state index contributed by atoms with van der Waals surface area (Å²) in [5.74, 6) is 0.757. The summed E-state index contributed by atoms with van der Waals surface area (Å²) in [7, 11) is 1.73. The van der Waals surface area contributed by atoms with Crippen LogP contribution in [0.2, 0.25) is 0 Å². The third-order valence-corrected chi connectivity index (χ3v) is 4.83. The van der Waals surface area contributed by atoms with E-state index in [0.717, 1.165) is 5.92 Å². The smallest absolute Gasteiger partial charge is 0.410 e. The molecule has 2 fully saturated rings. The first-order chi connectivity index (χ1) is 10.3. The highest BCUT2D eigenvalue weighted by Gasteiger charge is 2.39. The number of hydrogen-bond donors (Lipinski definition) is 1. The van der Waals surface area contributed by atoms with Crippen LogP contribution in [-0.2, 0) is 9.47 Å². The molecule has 3 unspecified atom stereocenters. The van der Waals surface area contributed by atoms with Crippen LogP contribution in [0.4, 0.5) is 4.79 Å². The number of amides is 1. The van der Waals surface area contributed by atoms with E-state index in [4.69, 9.17) is 9.47 Å². The first kappa shape index (κ1) is 17.5. The number of carbonyl (C=O) groups excluding carboxylic acids is 1. The van der Waals surface area contributed by atoms with Gasteiger partial charge in [-0.2, -0.15) is 0 Å². The minimum atomic E-state index is -0.454. The number of methoxy groups -OCH3 is 1. The SMILES string of the molecule is CCC1CCCC1NC1CN(C(=O)OC(C)(C)C)C[C@@H]1OC. The molecule has 1 N–H and O–H groups in total. The van der Waals surface area contributed by atoms with Crippen molar-refractivity contribution in [1.82, 2.24) is 10.2 Å². The molecule has 1 aliphatic heterocycles. The molecular weight excluding hydrogens is 280 g/mol. The van der Waals surface area contributed by atoms with E-state index < -0.39 is 5.60 Å². The lowest BCUT2D eigenvalue weighted by molar-refractivity contribution is 0.0252. The number of likely N-dealkylation sites (tertiary alicyclic amines) is 1. The standard InChI is InChI=1S/C17H32N2O3/c1-6-12-8-7-9-13(12)18-14-10-19(11-15(14)21-5)16(20)22-17(2,3)4/h12-15,18H,6-11H2,1-5H3/t12?,13?,14?,15-/m0/s1. The van der Waals surface area contributed by atoms with Gasteiger partial charge in [0.25, 0.3) is 0 Å². The monoisotopic (exact) mass is 312 g/mol. The van der Waals surface area contributed by atoms with Gasteiger partial charge >= 0.3 is 6.09 Å². The molecule has 1 amide bonds. The largest absolute Gasteiger partial charge is 0.444 e. The number of hydrogen-bond acceptors (Lipinski definition) is 4. The van der Waals surface area contributed by atoms with Crippen molar-refractivity contribution < 1.29 is 14.3 Å². The molecule has 4 atom stereocenters. The third kappa shape index (κ3) is 4.35. The Morgan fingerprint density at radius 2 is 1.95 bits per heavy atom. The van der Waals surface area contributed by atoms with E-state index in [1.807, 2.05) is 20.8 Å². The normalized spacial score (nSPS) is 32.5. The fraction of sp³-hybridized carbons (Fsp3) is 0.941. The zero-order valence-corrected chi connectivity index (χ0v) is 14.7. The predicted molar refractivity (Wildman–Crippen MR) is 86.9 cm³/mol. The lowest BCUT2D eigenvalue weighted by Crippen LogP contribution is -2.47. The van der Waals surface area contributed by atoms with Crippen LogP contribution in [0.25, 0.3) is 0 Å². The summed E-state index contributed by atoms with van der Waals surface area (Å²) in [6.45, 7) is 9.23. The maximum Gasteiger partial charge on any atom is 0.410 e. The van der Waals surface area contributed by atoms with Crippen LogP contribution in [0.5, 0.6) is 0 Å². The quantitative estimate of drug-likeness (QED) is 0.867. The Hall–Kier alpha value is -0.810. The zero-order valence-electron chi connectivity index (χ0n) is 14.7. The highest BCUT2D eigenvalue weighted by molar-refractivity contribution is 5.68. The molecule has 2 rings (SSSR count). The van der Waals surface area contributed by atoms with Crippen molar-refractivity contribution in [2.45, 2.75) is 77.2 Å². The van der Waals surface area contributed by atoms with E-state index in [-0.39, 0.29) is 18.2 Å². The molecule has 1 saturated heterocycles. The van der Waals surface area contributed by atoms with Gasteiger partial charge in [0.15, 0.2) is 0 Å². The number of carbonyl (C=O) groups is 1. The predicted octanol–water partition coefficient (Wildman–Crippen LogP) is 2.79. The van der Waals surface area contributed by atoms with Crippen LogP contribution < -0.4 is 5.32 Å². The number of rotatable bonds is 4. The van der Waals surface area contributed by atoms with Gasteiger partial charge in [0.05, 0.1) is 18.7 Å². The molecule has 5 nitrogen and oxygen atoms in total. The van der Waals surface area contributed by atoms with Crippen LogP contribution in [0.15, 0.2) is 0 Å². The molecule has 5 heteroatoms. The molecule has 0 spiro atoms.